The van der Waals surface area contributed by atoms with Gasteiger partial charge in [-0.2, -0.15) is 0 Å². The van der Waals surface area contributed by atoms with E-state index < -0.39 is 76.5 Å². The van der Waals surface area contributed by atoms with Crippen LogP contribution in [-0.2, 0) is 49.4 Å². The third-order valence-electron chi connectivity index (χ3n) is 6.82. The highest BCUT2D eigenvalue weighted by atomic mass is 32.2. The zero-order valence-corrected chi connectivity index (χ0v) is 24.4. The number of hydrogen-bond donors (Lipinski definition) is 2. The molecule has 0 saturated carbocycles. The molecule has 2 aromatic carbocycles. The van der Waals surface area contributed by atoms with Crippen LogP contribution in [0.5, 0.6) is 0 Å². The van der Waals surface area contributed by atoms with Crippen molar-refractivity contribution in [2.24, 2.45) is 0 Å². The van der Waals surface area contributed by atoms with E-state index >= 15 is 0 Å². The minimum Gasteiger partial charge on any atom is -0.510 e. The van der Waals surface area contributed by atoms with Crippen LogP contribution in [0.15, 0.2) is 66.1 Å². The first-order valence-electron chi connectivity index (χ1n) is 13.3. The zero-order chi connectivity index (χ0) is 31.3. The molecule has 1 aliphatic carbocycles. The molecular formula is C30H30N2O10S. The molecular weight excluding hydrogens is 580 g/mol. The molecule has 13 heteroatoms. The van der Waals surface area contributed by atoms with Crippen LogP contribution in [0.4, 0.5) is 0 Å². The van der Waals surface area contributed by atoms with Gasteiger partial charge in [0.1, 0.15) is 23.3 Å². The summed E-state index contributed by atoms with van der Waals surface area (Å²) in [6.45, 7) is 2.67. The molecule has 1 aliphatic heterocycles. The van der Waals surface area contributed by atoms with E-state index in [-0.39, 0.29) is 0 Å². The monoisotopic (exact) mass is 610 g/mol. The summed E-state index contributed by atoms with van der Waals surface area (Å²) < 4.78 is 15.2. The maximum atomic E-state index is 13.7. The lowest BCUT2D eigenvalue weighted by atomic mass is 9.96. The first-order chi connectivity index (χ1) is 20.5. The molecule has 226 valence electrons. The van der Waals surface area contributed by atoms with E-state index in [1.807, 2.05) is 24.3 Å². The van der Waals surface area contributed by atoms with Gasteiger partial charge in [-0.15, -0.1) is 0 Å². The molecule has 0 spiro atoms. The second kappa shape index (κ2) is 13.6. The van der Waals surface area contributed by atoms with Gasteiger partial charge in [0, 0.05) is 13.8 Å². The van der Waals surface area contributed by atoms with Gasteiger partial charge in [0.15, 0.2) is 16.7 Å². The number of thioether (sulfide) groups is 1. The number of amides is 2. The Morgan fingerprint density at radius 3 is 2.33 bits per heavy atom. The van der Waals surface area contributed by atoms with Crippen LogP contribution in [0.3, 0.4) is 0 Å². The van der Waals surface area contributed by atoms with E-state index in [1.54, 1.807) is 30.3 Å². The summed E-state index contributed by atoms with van der Waals surface area (Å²) in [4.78, 5) is 77.0. The molecule has 2 N–H and O–H groups in total. The predicted octanol–water partition coefficient (Wildman–Crippen LogP) is 2.79. The van der Waals surface area contributed by atoms with Crippen LogP contribution >= 0.6 is 11.8 Å². The van der Waals surface area contributed by atoms with Crippen LogP contribution in [0.2, 0.25) is 0 Å². The van der Waals surface area contributed by atoms with Crippen LogP contribution in [0.25, 0.3) is 0 Å². The highest BCUT2D eigenvalue weighted by Crippen LogP contribution is 2.37. The fourth-order valence-electron chi connectivity index (χ4n) is 4.91. The number of fused-ring (bicyclic) bond motifs is 1. The van der Waals surface area contributed by atoms with Gasteiger partial charge in [0.25, 0.3) is 5.91 Å². The first kappa shape index (κ1) is 31.3. The van der Waals surface area contributed by atoms with Crippen molar-refractivity contribution >= 4 is 46.6 Å². The summed E-state index contributed by atoms with van der Waals surface area (Å²) in [5.41, 5.74) is 1.65. The molecule has 2 aliphatic rings. The quantitative estimate of drug-likeness (QED) is 0.101. The highest BCUT2D eigenvalue weighted by Gasteiger charge is 2.54. The number of carbonyl (C=O) groups excluding carboxylic acids is 6. The Bertz CT molecular complexity index is 1470. The van der Waals surface area contributed by atoms with Crippen molar-refractivity contribution in [2.75, 3.05) is 6.79 Å². The molecule has 0 aromatic heterocycles. The lowest BCUT2D eigenvalue weighted by Crippen LogP contribution is -2.70. The fourth-order valence-corrected chi connectivity index (χ4v) is 5.88. The Labute approximate surface area is 251 Å². The van der Waals surface area contributed by atoms with Gasteiger partial charge in [-0.05, 0) is 36.5 Å². The number of ether oxygens (including phenoxy) is 3. The second-order valence-corrected chi connectivity index (χ2v) is 11.1. The number of likely N-dealkylation sites (tertiary alicyclic amines) is 1. The van der Waals surface area contributed by atoms with Crippen molar-refractivity contribution < 1.29 is 48.1 Å². The number of hydrogen-bond acceptors (Lipinski definition) is 11. The molecule has 1 heterocycles. The summed E-state index contributed by atoms with van der Waals surface area (Å²) in [7, 11) is 0. The Balaban J connectivity index is 1.55. The van der Waals surface area contributed by atoms with Crippen molar-refractivity contribution in [2.45, 2.75) is 57.1 Å². The molecule has 4 unspecified atom stereocenters. The van der Waals surface area contributed by atoms with Crippen molar-refractivity contribution in [1.29, 1.82) is 0 Å². The number of nitrogens with zero attached hydrogens (tertiary/aromatic N) is 1. The summed E-state index contributed by atoms with van der Waals surface area (Å²) in [6.07, 6.45) is 0.740. The molecule has 2 aromatic rings. The molecule has 0 bridgehead atoms. The third kappa shape index (κ3) is 7.05. The van der Waals surface area contributed by atoms with Crippen molar-refractivity contribution in [3.8, 4) is 0 Å². The first-order valence-corrected chi connectivity index (χ1v) is 14.2. The second-order valence-electron chi connectivity index (χ2n) is 9.82. The average Bonchev–Trinajstić information content (AvgIpc) is 3.36. The third-order valence-corrected chi connectivity index (χ3v) is 7.88. The lowest BCUT2D eigenvalue weighted by molar-refractivity contribution is -0.167. The minimum absolute atomic E-state index is 0.330. The molecule has 43 heavy (non-hydrogen) atoms. The van der Waals surface area contributed by atoms with Crippen molar-refractivity contribution in [3.05, 3.63) is 82.7 Å². The molecule has 1 fully saturated rings. The lowest BCUT2D eigenvalue weighted by Gasteiger charge is -2.46. The number of rotatable bonds is 10. The topological polar surface area (TPSA) is 166 Å². The predicted molar refractivity (Wildman–Crippen MR) is 152 cm³/mol. The number of aliphatic hydroxyl groups is 1. The zero-order valence-electron chi connectivity index (χ0n) is 23.6. The van der Waals surface area contributed by atoms with Gasteiger partial charge in [-0.1, -0.05) is 66.4 Å². The smallest absolute Gasteiger partial charge is 0.361 e. The van der Waals surface area contributed by atoms with E-state index in [0.717, 1.165) is 36.3 Å². The van der Waals surface area contributed by atoms with Crippen molar-refractivity contribution in [1.82, 2.24) is 10.2 Å². The average molecular weight is 611 g/mol. The Hall–Kier alpha value is -4.65. The highest BCUT2D eigenvalue weighted by molar-refractivity contribution is 8.14. The molecule has 12 nitrogen and oxygen atoms in total. The molecule has 1 saturated heterocycles. The molecule has 0 radical (unpaired) electrons. The minimum atomic E-state index is -1.44. The van der Waals surface area contributed by atoms with Crippen molar-refractivity contribution in [3.63, 3.8) is 0 Å². The number of nitrogens with one attached hydrogen (secondary N) is 1. The summed E-state index contributed by atoms with van der Waals surface area (Å²) in [5.74, 6) is -6.48. The van der Waals surface area contributed by atoms with E-state index in [2.05, 4.69) is 10.1 Å². The van der Waals surface area contributed by atoms with Gasteiger partial charge < -0.3 is 24.6 Å². The molecule has 4 rings (SSSR count). The van der Waals surface area contributed by atoms with Crippen LogP contribution in [-0.4, -0.2) is 63.1 Å². The Morgan fingerprint density at radius 2 is 1.67 bits per heavy atom. The number of allylic oxidation sites excluding steroid dienone is 1. The van der Waals surface area contributed by atoms with E-state index in [4.69, 9.17) is 9.47 Å². The van der Waals surface area contributed by atoms with Gasteiger partial charge in [-0.25, -0.2) is 4.79 Å². The number of carbonyl (C=O) groups is 6. The Morgan fingerprint density at radius 1 is 1.00 bits per heavy atom. The van der Waals surface area contributed by atoms with E-state index in [1.165, 1.54) is 6.92 Å². The van der Waals surface area contributed by atoms with Crippen LogP contribution < -0.4 is 5.32 Å². The largest absolute Gasteiger partial charge is 0.510 e. The summed E-state index contributed by atoms with van der Waals surface area (Å²) >= 11 is 0.626. The number of aryl methyl sites for hydroxylation is 1. The summed E-state index contributed by atoms with van der Waals surface area (Å²) in [6, 6.07) is 14.4. The van der Waals surface area contributed by atoms with Crippen LogP contribution in [0.1, 0.15) is 55.9 Å². The number of β-lactam (4-membered cyclic amide) rings is 1. The van der Waals surface area contributed by atoms with Gasteiger partial charge in [-0.3, -0.25) is 28.9 Å². The SMILES string of the molecule is CC(=O)OCOC(=O)C(=C(C)O)N1C(=O)C(NC(=O)C(C(=O)OC2CCc3ccccc32)c2ccccc2)C1SC(C)=O. The molecule has 4 atom stereocenters. The number of aliphatic hydroxyl groups excluding tert-OH is 1. The fraction of sp³-hybridized carbons (Fsp3) is 0.333. The van der Waals surface area contributed by atoms with Gasteiger partial charge >= 0.3 is 17.9 Å². The maximum absolute atomic E-state index is 13.7. The molecule has 2 amide bonds. The van der Waals surface area contributed by atoms with E-state index in [9.17, 15) is 33.9 Å². The van der Waals surface area contributed by atoms with Crippen LogP contribution in [0, 0.1) is 0 Å². The number of esters is 3. The van der Waals surface area contributed by atoms with E-state index in [0.29, 0.717) is 23.7 Å². The maximum Gasteiger partial charge on any atom is 0.361 e. The Kier molecular flexibility index (Phi) is 9.86. The normalized spacial score (nSPS) is 20.1. The number of benzene rings is 2. The standard InChI is InChI=1S/C30H30N2O10S/c1-16(33)25(30(39)41-15-40-17(2)34)32-27(37)24(28(32)43-18(3)35)31-26(36)23(20-10-5-4-6-11-20)29(38)42-22-14-13-19-9-7-8-12-21(19)22/h4-12,22-24,28,33H,13-15H2,1-3H3,(H,31,36). The summed E-state index contributed by atoms with van der Waals surface area (Å²) in [5, 5.41) is 11.1. The van der Waals surface area contributed by atoms with Gasteiger partial charge in [0.2, 0.25) is 12.7 Å². The van der Waals surface area contributed by atoms with Gasteiger partial charge in [0.05, 0.1) is 0 Å².